The number of carbonyl (C=O) groups is 4. The molecule has 1 aliphatic carbocycles. The lowest BCUT2D eigenvalue weighted by atomic mass is 10.0. The van der Waals surface area contributed by atoms with E-state index < -0.39 is 35.8 Å². The average molecular weight is 401 g/mol. The van der Waals surface area contributed by atoms with E-state index in [9.17, 15) is 19.2 Å². The number of likely N-dealkylation sites (tertiary alicyclic amines) is 1. The van der Waals surface area contributed by atoms with Crippen LogP contribution in [-0.4, -0.2) is 54.3 Å². The molecule has 2 fully saturated rings. The number of rotatable bonds is 8. The van der Waals surface area contributed by atoms with Gasteiger partial charge in [0.2, 0.25) is 11.7 Å². The van der Waals surface area contributed by atoms with Gasteiger partial charge in [0.15, 0.2) is 0 Å². The molecule has 0 spiro atoms. The highest BCUT2D eigenvalue weighted by molar-refractivity contribution is 6.38. The summed E-state index contributed by atoms with van der Waals surface area (Å²) in [4.78, 5) is 50.8. The Kier molecular flexibility index (Phi) is 6.85. The molecule has 8 heteroatoms. The van der Waals surface area contributed by atoms with Crippen molar-refractivity contribution in [1.82, 2.24) is 15.5 Å². The number of benzene rings is 1. The van der Waals surface area contributed by atoms with Gasteiger partial charge in [-0.3, -0.25) is 19.3 Å². The summed E-state index contributed by atoms with van der Waals surface area (Å²) in [7, 11) is 1.39. The number of amides is 3. The standard InChI is InChI=1S/C21H27N3O5/c1-22-20(27)18(25)16(12-14-9-10-14)23-19(26)17-8-5-11-24(17)21(28)29-13-15-6-3-2-4-7-15/h2-4,6-7,14,16-17H,5,8-13H2,1H3,(H,22,27)(H,23,26)/t16?,17-/m0/s1. The fraction of sp³-hybridized carbons (Fsp3) is 0.524. The van der Waals surface area contributed by atoms with Gasteiger partial charge >= 0.3 is 6.09 Å². The van der Waals surface area contributed by atoms with Crippen LogP contribution in [0.1, 0.15) is 37.7 Å². The SMILES string of the molecule is CNC(=O)C(=O)C(CC1CC1)NC(=O)[C@@H]1CCCN1C(=O)OCc1ccccc1. The smallest absolute Gasteiger partial charge is 0.410 e. The van der Waals surface area contributed by atoms with Gasteiger partial charge in [-0.05, 0) is 30.7 Å². The zero-order valence-electron chi connectivity index (χ0n) is 16.6. The second-order valence-corrected chi connectivity index (χ2v) is 7.58. The molecule has 1 saturated carbocycles. The fourth-order valence-corrected chi connectivity index (χ4v) is 3.53. The van der Waals surface area contributed by atoms with Crippen molar-refractivity contribution in [3.8, 4) is 0 Å². The van der Waals surface area contributed by atoms with E-state index in [1.807, 2.05) is 30.3 Å². The molecule has 1 aromatic rings. The lowest BCUT2D eigenvalue weighted by Gasteiger charge is -2.25. The molecule has 2 N–H and O–H groups in total. The maximum absolute atomic E-state index is 12.8. The molecule has 0 aromatic heterocycles. The Morgan fingerprint density at radius 1 is 1.14 bits per heavy atom. The highest BCUT2D eigenvalue weighted by Crippen LogP contribution is 2.33. The Morgan fingerprint density at radius 2 is 1.86 bits per heavy atom. The molecule has 2 aliphatic rings. The minimum absolute atomic E-state index is 0.129. The van der Waals surface area contributed by atoms with Gasteiger partial charge in [-0.15, -0.1) is 0 Å². The molecule has 1 saturated heterocycles. The van der Waals surface area contributed by atoms with E-state index >= 15 is 0 Å². The van der Waals surface area contributed by atoms with E-state index in [1.165, 1.54) is 11.9 Å². The van der Waals surface area contributed by atoms with Crippen LogP contribution in [0, 0.1) is 5.92 Å². The number of Topliss-reactive ketones (excluding diaryl/α,β-unsaturated/α-hetero) is 1. The zero-order valence-corrected chi connectivity index (χ0v) is 16.6. The van der Waals surface area contributed by atoms with E-state index in [-0.39, 0.29) is 6.61 Å². The first kappa shape index (κ1) is 20.8. The first-order chi connectivity index (χ1) is 14.0. The van der Waals surface area contributed by atoms with Gasteiger partial charge in [0, 0.05) is 13.6 Å². The number of carbonyl (C=O) groups excluding carboxylic acids is 4. The van der Waals surface area contributed by atoms with Crippen molar-refractivity contribution in [3.63, 3.8) is 0 Å². The van der Waals surface area contributed by atoms with Crippen LogP contribution in [0.4, 0.5) is 4.79 Å². The number of ether oxygens (including phenoxy) is 1. The third-order valence-corrected chi connectivity index (χ3v) is 5.34. The van der Waals surface area contributed by atoms with Gasteiger partial charge in [-0.1, -0.05) is 43.2 Å². The van der Waals surface area contributed by atoms with Crippen LogP contribution in [0.3, 0.4) is 0 Å². The zero-order chi connectivity index (χ0) is 20.8. The quantitative estimate of drug-likeness (QED) is 0.641. The van der Waals surface area contributed by atoms with E-state index in [2.05, 4.69) is 10.6 Å². The topological polar surface area (TPSA) is 105 Å². The highest BCUT2D eigenvalue weighted by Gasteiger charge is 2.39. The van der Waals surface area contributed by atoms with E-state index in [0.717, 1.165) is 18.4 Å². The van der Waals surface area contributed by atoms with E-state index in [1.54, 1.807) is 0 Å². The molecule has 2 atom stereocenters. The minimum Gasteiger partial charge on any atom is -0.445 e. The van der Waals surface area contributed by atoms with Gasteiger partial charge in [0.1, 0.15) is 12.6 Å². The van der Waals surface area contributed by atoms with E-state index in [4.69, 9.17) is 4.74 Å². The highest BCUT2D eigenvalue weighted by atomic mass is 16.6. The molecule has 1 aromatic carbocycles. The monoisotopic (exact) mass is 401 g/mol. The number of likely N-dealkylation sites (N-methyl/N-ethyl adjacent to an activating group) is 1. The summed E-state index contributed by atoms with van der Waals surface area (Å²) in [6, 6.07) is 7.75. The van der Waals surface area contributed by atoms with Crippen LogP contribution in [0.15, 0.2) is 30.3 Å². The molecular formula is C21H27N3O5. The maximum atomic E-state index is 12.8. The van der Waals surface area contributed by atoms with Crippen molar-refractivity contribution < 1.29 is 23.9 Å². The van der Waals surface area contributed by atoms with Crippen molar-refractivity contribution in [3.05, 3.63) is 35.9 Å². The van der Waals surface area contributed by atoms with Crippen LogP contribution in [0.25, 0.3) is 0 Å². The third kappa shape index (κ3) is 5.56. The summed E-state index contributed by atoms with van der Waals surface area (Å²) in [5.74, 6) is -1.43. The molecule has 1 aliphatic heterocycles. The predicted molar refractivity (Wildman–Crippen MR) is 105 cm³/mol. The van der Waals surface area contributed by atoms with Crippen molar-refractivity contribution in [2.45, 2.75) is 50.8 Å². The molecule has 1 unspecified atom stereocenters. The van der Waals surface area contributed by atoms with Crippen LogP contribution in [-0.2, 0) is 25.7 Å². The van der Waals surface area contributed by atoms with Crippen molar-refractivity contribution in [2.75, 3.05) is 13.6 Å². The molecule has 29 heavy (non-hydrogen) atoms. The maximum Gasteiger partial charge on any atom is 0.410 e. The van der Waals surface area contributed by atoms with E-state index in [0.29, 0.717) is 31.7 Å². The number of ketones is 1. The number of nitrogens with zero attached hydrogens (tertiary/aromatic N) is 1. The number of hydrogen-bond acceptors (Lipinski definition) is 5. The Bertz CT molecular complexity index is 763. The second-order valence-electron chi connectivity index (χ2n) is 7.58. The van der Waals surface area contributed by atoms with Gasteiger partial charge in [-0.2, -0.15) is 0 Å². The number of nitrogens with one attached hydrogen (secondary N) is 2. The molecule has 3 amide bonds. The lowest BCUT2D eigenvalue weighted by Crippen LogP contribution is -2.53. The van der Waals surface area contributed by atoms with Crippen LogP contribution in [0.5, 0.6) is 0 Å². The summed E-state index contributed by atoms with van der Waals surface area (Å²) in [6.07, 6.45) is 3.06. The van der Waals surface area contributed by atoms with Gasteiger partial charge in [0.25, 0.3) is 5.91 Å². The fourth-order valence-electron chi connectivity index (χ4n) is 3.53. The summed E-state index contributed by atoms with van der Waals surface area (Å²) in [5, 5.41) is 5.02. The summed E-state index contributed by atoms with van der Waals surface area (Å²) < 4.78 is 5.35. The molecule has 3 rings (SSSR count). The van der Waals surface area contributed by atoms with Crippen molar-refractivity contribution >= 4 is 23.7 Å². The Labute approximate surface area is 170 Å². The van der Waals surface area contributed by atoms with Crippen molar-refractivity contribution in [2.24, 2.45) is 5.92 Å². The largest absolute Gasteiger partial charge is 0.445 e. The van der Waals surface area contributed by atoms with Gasteiger partial charge < -0.3 is 15.4 Å². The predicted octanol–water partition coefficient (Wildman–Crippen LogP) is 1.39. The minimum atomic E-state index is -0.863. The van der Waals surface area contributed by atoms with Gasteiger partial charge in [0.05, 0.1) is 6.04 Å². The van der Waals surface area contributed by atoms with Crippen LogP contribution < -0.4 is 10.6 Å². The molecule has 156 valence electrons. The summed E-state index contributed by atoms with van der Waals surface area (Å²) in [6.45, 7) is 0.548. The molecule has 8 nitrogen and oxygen atoms in total. The lowest BCUT2D eigenvalue weighted by molar-refractivity contribution is -0.140. The molecular weight excluding hydrogens is 374 g/mol. The molecule has 1 heterocycles. The Hall–Kier alpha value is -2.90. The normalized spacial score (nSPS) is 19.3. The second kappa shape index (κ2) is 9.54. The molecule has 0 bridgehead atoms. The summed E-state index contributed by atoms with van der Waals surface area (Å²) in [5.41, 5.74) is 0.863. The summed E-state index contributed by atoms with van der Waals surface area (Å²) >= 11 is 0. The first-order valence-corrected chi connectivity index (χ1v) is 10.0. The molecule has 0 radical (unpaired) electrons. The first-order valence-electron chi connectivity index (χ1n) is 10.0. The van der Waals surface area contributed by atoms with Crippen LogP contribution in [0.2, 0.25) is 0 Å². The average Bonchev–Trinajstić information content (AvgIpc) is 3.42. The van der Waals surface area contributed by atoms with Crippen molar-refractivity contribution in [1.29, 1.82) is 0 Å². The third-order valence-electron chi connectivity index (χ3n) is 5.34. The Balaban J connectivity index is 1.59. The number of hydrogen-bond donors (Lipinski definition) is 2. The van der Waals surface area contributed by atoms with Crippen LogP contribution >= 0.6 is 0 Å². The van der Waals surface area contributed by atoms with Gasteiger partial charge in [-0.25, -0.2) is 4.79 Å². The Morgan fingerprint density at radius 3 is 2.52 bits per heavy atom.